The van der Waals surface area contributed by atoms with Crippen LogP contribution in [0.5, 0.6) is 0 Å². The van der Waals surface area contributed by atoms with Gasteiger partial charge in [-0.15, -0.1) is 0 Å². The van der Waals surface area contributed by atoms with Crippen molar-refractivity contribution in [3.05, 3.63) is 69.0 Å². The molecule has 1 aliphatic heterocycles. The normalized spacial score (nSPS) is 19.7. The summed E-state index contributed by atoms with van der Waals surface area (Å²) in [6.07, 6.45) is 4.29. The van der Waals surface area contributed by atoms with Crippen LogP contribution in [0.1, 0.15) is 28.0 Å². The number of fused-ring (bicyclic) bond motifs is 1. The molecule has 3 N–H and O–H groups in total. The molecule has 152 valence electrons. The molecular formula is C21H22BrClN4O2. The number of nitrogens with zero attached hydrogens (tertiary/aromatic N) is 3. The molecule has 2 aromatic heterocycles. The predicted octanol–water partition coefficient (Wildman–Crippen LogP) is 3.27. The molecule has 6 nitrogen and oxygen atoms in total. The van der Waals surface area contributed by atoms with Gasteiger partial charge in [-0.3, -0.25) is 4.79 Å². The zero-order valence-corrected chi connectivity index (χ0v) is 18.1. The Morgan fingerprint density at radius 1 is 1.31 bits per heavy atom. The van der Waals surface area contributed by atoms with Crippen molar-refractivity contribution in [3.8, 4) is 0 Å². The summed E-state index contributed by atoms with van der Waals surface area (Å²) in [5.41, 5.74) is 9.07. The lowest BCUT2D eigenvalue weighted by atomic mass is 9.86. The summed E-state index contributed by atoms with van der Waals surface area (Å²) in [6, 6.07) is 9.80. The fraction of sp³-hybridized carbons (Fsp3) is 0.333. The molecule has 0 bridgehead atoms. The number of rotatable bonds is 4. The van der Waals surface area contributed by atoms with Crippen LogP contribution in [0.4, 0.5) is 0 Å². The third-order valence-corrected chi connectivity index (χ3v) is 6.31. The standard InChI is InChI=1S/C21H22BrClN4O2/c22-17-8-16(23)10-27-11-18(25-20(17)27)21(29)26-6-5-14(19(28)12-26)7-13-3-1-2-4-15(13)9-24/h1-4,8,10-11,14,19,28H,5-7,9,12,24H2/t14?,19-/m1/s1. The first-order valence-electron chi connectivity index (χ1n) is 9.54. The number of hydrogen-bond donors (Lipinski definition) is 2. The summed E-state index contributed by atoms with van der Waals surface area (Å²) in [5, 5.41) is 11.3. The second-order valence-electron chi connectivity index (χ2n) is 7.41. The minimum absolute atomic E-state index is 0.0979. The Bertz CT molecular complexity index is 1050. The van der Waals surface area contributed by atoms with Crippen LogP contribution in [0, 0.1) is 5.92 Å². The molecule has 1 aliphatic rings. The van der Waals surface area contributed by atoms with E-state index in [0.717, 1.165) is 22.9 Å². The molecule has 8 heteroatoms. The van der Waals surface area contributed by atoms with E-state index in [4.69, 9.17) is 17.3 Å². The summed E-state index contributed by atoms with van der Waals surface area (Å²) in [7, 11) is 0. The average Bonchev–Trinajstić information content (AvgIpc) is 3.13. The van der Waals surface area contributed by atoms with Crippen molar-refractivity contribution in [2.75, 3.05) is 13.1 Å². The van der Waals surface area contributed by atoms with Gasteiger partial charge >= 0.3 is 0 Å². The highest BCUT2D eigenvalue weighted by atomic mass is 79.9. The predicted molar refractivity (Wildman–Crippen MR) is 116 cm³/mol. The van der Waals surface area contributed by atoms with Gasteiger partial charge in [0.25, 0.3) is 5.91 Å². The number of piperidine rings is 1. The summed E-state index contributed by atoms with van der Waals surface area (Å²) in [4.78, 5) is 19.1. The van der Waals surface area contributed by atoms with Crippen molar-refractivity contribution in [3.63, 3.8) is 0 Å². The summed E-state index contributed by atoms with van der Waals surface area (Å²) in [5.74, 6) is -0.0858. The highest BCUT2D eigenvalue weighted by Gasteiger charge is 2.32. The Balaban J connectivity index is 1.47. The molecule has 4 rings (SSSR count). The quantitative estimate of drug-likeness (QED) is 0.604. The van der Waals surface area contributed by atoms with Crippen molar-refractivity contribution in [1.82, 2.24) is 14.3 Å². The van der Waals surface area contributed by atoms with Crippen molar-refractivity contribution in [2.24, 2.45) is 11.7 Å². The first-order chi connectivity index (χ1) is 14.0. The molecule has 0 aliphatic carbocycles. The minimum Gasteiger partial charge on any atom is -0.391 e. The molecule has 1 unspecified atom stereocenters. The zero-order valence-electron chi connectivity index (χ0n) is 15.8. The van der Waals surface area contributed by atoms with E-state index in [1.54, 1.807) is 27.8 Å². The first-order valence-corrected chi connectivity index (χ1v) is 10.7. The number of aliphatic hydroxyl groups excluding tert-OH is 1. The summed E-state index contributed by atoms with van der Waals surface area (Å²) in [6.45, 7) is 1.36. The number of halogens is 2. The Morgan fingerprint density at radius 2 is 2.07 bits per heavy atom. The van der Waals surface area contributed by atoms with Crippen molar-refractivity contribution < 1.29 is 9.90 Å². The van der Waals surface area contributed by atoms with Gasteiger partial charge in [0, 0.05) is 32.0 Å². The maximum absolute atomic E-state index is 13.0. The van der Waals surface area contributed by atoms with Gasteiger partial charge in [-0.1, -0.05) is 35.9 Å². The maximum atomic E-state index is 13.0. The second kappa shape index (κ2) is 8.44. The largest absolute Gasteiger partial charge is 0.391 e. The van der Waals surface area contributed by atoms with Crippen LogP contribution in [-0.4, -0.2) is 44.5 Å². The lowest BCUT2D eigenvalue weighted by Gasteiger charge is -2.36. The maximum Gasteiger partial charge on any atom is 0.274 e. The number of hydrogen-bond acceptors (Lipinski definition) is 4. The molecule has 0 spiro atoms. The van der Waals surface area contributed by atoms with Crippen LogP contribution < -0.4 is 5.73 Å². The number of likely N-dealkylation sites (tertiary alicyclic amines) is 1. The number of pyridine rings is 1. The molecule has 0 saturated carbocycles. The van der Waals surface area contributed by atoms with E-state index >= 15 is 0 Å². The van der Waals surface area contributed by atoms with Crippen molar-refractivity contribution in [2.45, 2.75) is 25.5 Å². The van der Waals surface area contributed by atoms with Gasteiger partial charge < -0.3 is 20.1 Å². The average molecular weight is 478 g/mol. The van der Waals surface area contributed by atoms with Gasteiger partial charge in [-0.2, -0.15) is 0 Å². The lowest BCUT2D eigenvalue weighted by molar-refractivity contribution is 0.0194. The molecule has 0 radical (unpaired) electrons. The lowest BCUT2D eigenvalue weighted by Crippen LogP contribution is -2.47. The molecular weight excluding hydrogens is 456 g/mol. The van der Waals surface area contributed by atoms with Crippen LogP contribution in [0.2, 0.25) is 5.02 Å². The fourth-order valence-corrected chi connectivity index (χ4v) is 4.82. The topological polar surface area (TPSA) is 83.9 Å². The Labute approximate surface area is 182 Å². The molecule has 1 saturated heterocycles. The number of β-amino-alcohol motifs (C(OH)–C–C–N with tert-alkyl or cyclic N) is 1. The van der Waals surface area contributed by atoms with E-state index in [1.807, 2.05) is 18.2 Å². The number of aromatic nitrogens is 2. The van der Waals surface area contributed by atoms with E-state index in [1.165, 1.54) is 5.56 Å². The number of carbonyl (C=O) groups excluding carboxylic acids is 1. The Kier molecular flexibility index (Phi) is 5.92. The number of amides is 1. The van der Waals surface area contributed by atoms with Gasteiger partial charge in [0.2, 0.25) is 0 Å². The number of imidazole rings is 1. The van der Waals surface area contributed by atoms with Crippen molar-refractivity contribution >= 4 is 39.1 Å². The first kappa shape index (κ1) is 20.3. The number of carbonyl (C=O) groups is 1. The van der Waals surface area contributed by atoms with Gasteiger partial charge in [0.1, 0.15) is 5.69 Å². The Hall–Kier alpha value is -1.93. The summed E-state index contributed by atoms with van der Waals surface area (Å²) < 4.78 is 2.45. The third-order valence-electron chi connectivity index (χ3n) is 5.52. The van der Waals surface area contributed by atoms with Gasteiger partial charge in [0.05, 0.1) is 15.6 Å². The van der Waals surface area contributed by atoms with Crippen molar-refractivity contribution in [1.29, 1.82) is 0 Å². The van der Waals surface area contributed by atoms with Gasteiger partial charge in [0.15, 0.2) is 5.65 Å². The van der Waals surface area contributed by atoms with Crippen LogP contribution in [-0.2, 0) is 13.0 Å². The molecule has 3 heterocycles. The van der Waals surface area contributed by atoms with Crippen LogP contribution in [0.25, 0.3) is 5.65 Å². The minimum atomic E-state index is -0.586. The monoisotopic (exact) mass is 476 g/mol. The molecule has 1 aromatic carbocycles. The van der Waals surface area contributed by atoms with E-state index in [-0.39, 0.29) is 11.8 Å². The zero-order chi connectivity index (χ0) is 20.5. The number of benzene rings is 1. The molecule has 3 aromatic rings. The summed E-state index contributed by atoms with van der Waals surface area (Å²) >= 11 is 9.50. The second-order valence-corrected chi connectivity index (χ2v) is 8.70. The van der Waals surface area contributed by atoms with Crippen LogP contribution >= 0.6 is 27.5 Å². The molecule has 29 heavy (non-hydrogen) atoms. The van der Waals surface area contributed by atoms with E-state index in [2.05, 4.69) is 27.0 Å². The highest BCUT2D eigenvalue weighted by Crippen LogP contribution is 2.26. The van der Waals surface area contributed by atoms with Crippen LogP contribution in [0.3, 0.4) is 0 Å². The van der Waals surface area contributed by atoms with Crippen LogP contribution in [0.15, 0.2) is 47.2 Å². The van der Waals surface area contributed by atoms with E-state index in [9.17, 15) is 9.90 Å². The highest BCUT2D eigenvalue weighted by molar-refractivity contribution is 9.10. The third kappa shape index (κ3) is 4.19. The van der Waals surface area contributed by atoms with E-state index < -0.39 is 6.10 Å². The number of aliphatic hydroxyl groups is 1. The van der Waals surface area contributed by atoms with E-state index in [0.29, 0.717) is 36.0 Å². The number of nitrogens with two attached hydrogens (primary N) is 1. The smallest absolute Gasteiger partial charge is 0.274 e. The fourth-order valence-electron chi connectivity index (χ4n) is 3.93. The van der Waals surface area contributed by atoms with Gasteiger partial charge in [-0.25, -0.2) is 4.98 Å². The SMILES string of the molecule is NCc1ccccc1CC1CCN(C(=O)c2cn3cc(Cl)cc(Br)c3n2)C[C@H]1O. The van der Waals surface area contributed by atoms with Gasteiger partial charge in [-0.05, 0) is 51.9 Å². The molecule has 2 atom stereocenters. The molecule has 1 amide bonds. The Morgan fingerprint density at radius 3 is 2.79 bits per heavy atom. The molecule has 1 fully saturated rings.